The smallest absolute Gasteiger partial charge is 0.228 e. The number of amides is 1. The lowest BCUT2D eigenvalue weighted by molar-refractivity contribution is -0.120. The Balaban J connectivity index is 1.76. The zero-order chi connectivity index (χ0) is 14.7. The Bertz CT molecular complexity index is 611. The van der Waals surface area contributed by atoms with E-state index in [-0.39, 0.29) is 11.8 Å². The Hall–Kier alpha value is -2.30. The van der Waals surface area contributed by atoms with E-state index in [2.05, 4.69) is 10.4 Å². The molecule has 1 aliphatic rings. The number of carbonyl (C=O) groups is 1. The molecule has 0 unspecified atom stereocenters. The summed E-state index contributed by atoms with van der Waals surface area (Å²) in [6.45, 7) is 0. The normalized spacial score (nSPS) is 15.8. The summed E-state index contributed by atoms with van der Waals surface area (Å²) in [5.41, 5.74) is 7.29. The summed E-state index contributed by atoms with van der Waals surface area (Å²) >= 11 is 0. The molecule has 1 saturated carbocycles. The van der Waals surface area contributed by atoms with Crippen LogP contribution in [0.4, 0.5) is 11.5 Å². The summed E-state index contributed by atoms with van der Waals surface area (Å²) in [5.74, 6) is 0.941. The van der Waals surface area contributed by atoms with Crippen molar-refractivity contribution in [1.29, 1.82) is 0 Å². The van der Waals surface area contributed by atoms with Gasteiger partial charge in [-0.05, 0) is 37.1 Å². The highest BCUT2D eigenvalue weighted by Gasteiger charge is 2.22. The standard InChI is InChI=1S/C16H20N4O/c17-13-6-8-14(9-7-13)20-15(10-11-18-20)19-16(21)12-4-2-1-3-5-12/h6-12H,1-5,17H2,(H,19,21). The number of hydrogen-bond acceptors (Lipinski definition) is 3. The summed E-state index contributed by atoms with van der Waals surface area (Å²) in [7, 11) is 0. The number of nitrogens with two attached hydrogens (primary N) is 1. The molecule has 0 spiro atoms. The lowest BCUT2D eigenvalue weighted by Gasteiger charge is -2.20. The van der Waals surface area contributed by atoms with Crippen molar-refractivity contribution in [1.82, 2.24) is 9.78 Å². The SMILES string of the molecule is Nc1ccc(-n2nccc2NC(=O)C2CCCCC2)cc1. The summed E-state index contributed by atoms with van der Waals surface area (Å²) in [4.78, 5) is 12.3. The van der Waals surface area contributed by atoms with Gasteiger partial charge in [-0.3, -0.25) is 4.79 Å². The van der Waals surface area contributed by atoms with Gasteiger partial charge in [0.15, 0.2) is 0 Å². The minimum Gasteiger partial charge on any atom is -0.399 e. The molecule has 1 aromatic heterocycles. The average Bonchev–Trinajstić information content (AvgIpc) is 2.97. The monoisotopic (exact) mass is 284 g/mol. The van der Waals surface area contributed by atoms with Crippen LogP contribution in [0.25, 0.3) is 5.69 Å². The van der Waals surface area contributed by atoms with E-state index >= 15 is 0 Å². The molecule has 5 heteroatoms. The summed E-state index contributed by atoms with van der Waals surface area (Å²) < 4.78 is 1.72. The van der Waals surface area contributed by atoms with Crippen molar-refractivity contribution in [2.75, 3.05) is 11.1 Å². The first-order valence-electron chi connectivity index (χ1n) is 7.45. The van der Waals surface area contributed by atoms with Gasteiger partial charge in [0.05, 0.1) is 11.9 Å². The number of anilines is 2. The average molecular weight is 284 g/mol. The van der Waals surface area contributed by atoms with Crippen molar-refractivity contribution in [3.63, 3.8) is 0 Å². The summed E-state index contributed by atoms with van der Waals surface area (Å²) in [6.07, 6.45) is 7.20. The van der Waals surface area contributed by atoms with Crippen LogP contribution in [0.3, 0.4) is 0 Å². The van der Waals surface area contributed by atoms with Gasteiger partial charge in [-0.25, -0.2) is 4.68 Å². The van der Waals surface area contributed by atoms with Gasteiger partial charge >= 0.3 is 0 Å². The molecule has 0 aliphatic heterocycles. The van der Waals surface area contributed by atoms with Crippen molar-refractivity contribution in [2.45, 2.75) is 32.1 Å². The van der Waals surface area contributed by atoms with E-state index in [0.29, 0.717) is 11.5 Å². The second-order valence-electron chi connectivity index (χ2n) is 5.54. The number of nitrogens with one attached hydrogen (secondary N) is 1. The molecule has 5 nitrogen and oxygen atoms in total. The van der Waals surface area contributed by atoms with Gasteiger partial charge < -0.3 is 11.1 Å². The number of carbonyl (C=O) groups excluding carboxylic acids is 1. The fraction of sp³-hybridized carbons (Fsp3) is 0.375. The molecule has 1 aliphatic carbocycles. The maximum atomic E-state index is 12.3. The lowest BCUT2D eigenvalue weighted by atomic mass is 9.89. The third kappa shape index (κ3) is 3.07. The van der Waals surface area contributed by atoms with Gasteiger partial charge in [-0.1, -0.05) is 19.3 Å². The highest BCUT2D eigenvalue weighted by atomic mass is 16.2. The quantitative estimate of drug-likeness (QED) is 0.851. The molecule has 110 valence electrons. The van der Waals surface area contributed by atoms with Gasteiger partial charge in [0.1, 0.15) is 5.82 Å². The van der Waals surface area contributed by atoms with Crippen LogP contribution in [0.2, 0.25) is 0 Å². The maximum Gasteiger partial charge on any atom is 0.228 e. The van der Waals surface area contributed by atoms with Gasteiger partial charge in [0, 0.05) is 17.7 Å². The van der Waals surface area contributed by atoms with Crippen molar-refractivity contribution >= 4 is 17.4 Å². The second-order valence-corrected chi connectivity index (χ2v) is 5.54. The molecule has 3 rings (SSSR count). The molecule has 0 radical (unpaired) electrons. The molecule has 2 aromatic rings. The minimum absolute atomic E-state index is 0.104. The van der Waals surface area contributed by atoms with Crippen molar-refractivity contribution in [3.05, 3.63) is 36.5 Å². The highest BCUT2D eigenvalue weighted by molar-refractivity contribution is 5.92. The fourth-order valence-corrected chi connectivity index (χ4v) is 2.81. The number of hydrogen-bond donors (Lipinski definition) is 2. The maximum absolute atomic E-state index is 12.3. The number of nitrogen functional groups attached to an aromatic ring is 1. The Labute approximate surface area is 124 Å². The molecule has 0 saturated heterocycles. The Morgan fingerprint density at radius 3 is 2.57 bits per heavy atom. The first-order chi connectivity index (χ1) is 10.2. The summed E-state index contributed by atoms with van der Waals surface area (Å²) in [5, 5.41) is 7.28. The van der Waals surface area contributed by atoms with E-state index in [1.807, 2.05) is 30.3 Å². The Kier molecular flexibility index (Phi) is 3.90. The van der Waals surface area contributed by atoms with Crippen LogP contribution >= 0.6 is 0 Å². The van der Waals surface area contributed by atoms with E-state index < -0.39 is 0 Å². The first kappa shape index (κ1) is 13.7. The van der Waals surface area contributed by atoms with Crippen LogP contribution in [-0.4, -0.2) is 15.7 Å². The van der Waals surface area contributed by atoms with Gasteiger partial charge in [0.2, 0.25) is 5.91 Å². The lowest BCUT2D eigenvalue weighted by Crippen LogP contribution is -2.25. The molecule has 21 heavy (non-hydrogen) atoms. The Morgan fingerprint density at radius 2 is 1.86 bits per heavy atom. The zero-order valence-corrected chi connectivity index (χ0v) is 12.0. The molecular formula is C16H20N4O. The van der Waals surface area contributed by atoms with Crippen LogP contribution in [0.1, 0.15) is 32.1 Å². The molecule has 3 N–H and O–H groups in total. The third-order valence-corrected chi connectivity index (χ3v) is 4.01. The van der Waals surface area contributed by atoms with E-state index in [1.165, 1.54) is 6.42 Å². The molecule has 1 fully saturated rings. The molecule has 1 amide bonds. The number of aromatic nitrogens is 2. The zero-order valence-electron chi connectivity index (χ0n) is 12.0. The van der Waals surface area contributed by atoms with Crippen LogP contribution in [-0.2, 0) is 4.79 Å². The van der Waals surface area contributed by atoms with E-state index in [0.717, 1.165) is 31.4 Å². The highest BCUT2D eigenvalue weighted by Crippen LogP contribution is 2.25. The van der Waals surface area contributed by atoms with Crippen molar-refractivity contribution < 1.29 is 4.79 Å². The van der Waals surface area contributed by atoms with Crippen LogP contribution in [0.5, 0.6) is 0 Å². The van der Waals surface area contributed by atoms with E-state index in [4.69, 9.17) is 5.73 Å². The number of rotatable bonds is 3. The fourth-order valence-electron chi connectivity index (χ4n) is 2.81. The largest absolute Gasteiger partial charge is 0.399 e. The van der Waals surface area contributed by atoms with Gasteiger partial charge in [-0.2, -0.15) is 5.10 Å². The van der Waals surface area contributed by atoms with Crippen molar-refractivity contribution in [3.8, 4) is 5.69 Å². The third-order valence-electron chi connectivity index (χ3n) is 4.01. The van der Waals surface area contributed by atoms with Gasteiger partial charge in [-0.15, -0.1) is 0 Å². The molecule has 1 heterocycles. The molecular weight excluding hydrogens is 264 g/mol. The van der Waals surface area contributed by atoms with E-state index in [1.54, 1.807) is 10.9 Å². The number of nitrogens with zero attached hydrogens (tertiary/aromatic N) is 2. The van der Waals surface area contributed by atoms with Crippen LogP contribution < -0.4 is 11.1 Å². The Morgan fingerprint density at radius 1 is 1.14 bits per heavy atom. The van der Waals surface area contributed by atoms with Crippen LogP contribution in [0.15, 0.2) is 36.5 Å². The summed E-state index contributed by atoms with van der Waals surface area (Å²) in [6, 6.07) is 9.24. The second kappa shape index (κ2) is 5.99. The van der Waals surface area contributed by atoms with Gasteiger partial charge in [0.25, 0.3) is 0 Å². The van der Waals surface area contributed by atoms with Crippen molar-refractivity contribution in [2.24, 2.45) is 5.92 Å². The predicted octanol–water partition coefficient (Wildman–Crippen LogP) is 2.97. The predicted molar refractivity (Wildman–Crippen MR) is 83.2 cm³/mol. The topological polar surface area (TPSA) is 72.9 Å². The molecule has 0 bridgehead atoms. The molecule has 1 aromatic carbocycles. The van der Waals surface area contributed by atoms with Crippen LogP contribution in [0, 0.1) is 5.92 Å². The first-order valence-corrected chi connectivity index (χ1v) is 7.45. The minimum atomic E-state index is 0.104. The number of benzene rings is 1. The molecule has 0 atom stereocenters. The van der Waals surface area contributed by atoms with E-state index in [9.17, 15) is 4.79 Å².